The molecule has 0 spiro atoms. The molecule has 22 heavy (non-hydrogen) atoms. The molecule has 2 atom stereocenters. The van der Waals surface area contributed by atoms with Crippen molar-refractivity contribution in [3.05, 3.63) is 24.2 Å². The van der Waals surface area contributed by atoms with Gasteiger partial charge < -0.3 is 14.3 Å². The Morgan fingerprint density at radius 1 is 1.32 bits per heavy atom. The predicted octanol–water partition coefficient (Wildman–Crippen LogP) is 0.623. The number of carbonyl (C=O) groups is 3. The van der Waals surface area contributed by atoms with Crippen LogP contribution in [0, 0.1) is 11.8 Å². The lowest BCUT2D eigenvalue weighted by Crippen LogP contribution is -2.43. The summed E-state index contributed by atoms with van der Waals surface area (Å²) < 4.78 is 4.87. The van der Waals surface area contributed by atoms with Gasteiger partial charge in [-0.2, -0.15) is 0 Å². The minimum absolute atomic E-state index is 0.0131. The minimum atomic E-state index is -1.15. The standard InChI is InChI=1S/C15H22N2O5/c1-3-4-6-11(15(20)21)10(2)9-13(18)16-17-14(19)12-7-5-8-22-12/h5,7-8,10-11H,3-4,6,9H2,1-2H3,(H,16,18)(H,17,19)(H,20,21)/p-1/t10-,11+/m0/s1. The molecule has 1 heterocycles. The summed E-state index contributed by atoms with van der Waals surface area (Å²) in [4.78, 5) is 34.4. The van der Waals surface area contributed by atoms with E-state index in [2.05, 4.69) is 10.9 Å². The van der Waals surface area contributed by atoms with Crippen LogP contribution in [0.4, 0.5) is 0 Å². The fourth-order valence-electron chi connectivity index (χ4n) is 2.14. The maximum Gasteiger partial charge on any atom is 0.305 e. The van der Waals surface area contributed by atoms with E-state index in [0.717, 1.165) is 12.8 Å². The van der Waals surface area contributed by atoms with Crippen LogP contribution in [0.2, 0.25) is 0 Å². The largest absolute Gasteiger partial charge is 0.550 e. The highest BCUT2D eigenvalue weighted by molar-refractivity contribution is 5.92. The first kappa shape index (κ1) is 17.7. The highest BCUT2D eigenvalue weighted by atomic mass is 16.4. The Balaban J connectivity index is 2.42. The summed E-state index contributed by atoms with van der Waals surface area (Å²) in [5.41, 5.74) is 4.45. The molecule has 1 aromatic heterocycles. The van der Waals surface area contributed by atoms with Crippen LogP contribution in [-0.4, -0.2) is 17.8 Å². The number of carboxylic acids is 1. The molecule has 2 amide bonds. The zero-order valence-corrected chi connectivity index (χ0v) is 12.8. The first-order chi connectivity index (χ1) is 10.5. The van der Waals surface area contributed by atoms with Crippen LogP contribution in [0.25, 0.3) is 0 Å². The van der Waals surface area contributed by atoms with E-state index in [9.17, 15) is 19.5 Å². The number of rotatable bonds is 8. The van der Waals surface area contributed by atoms with Gasteiger partial charge in [0, 0.05) is 18.3 Å². The average Bonchev–Trinajstić information content (AvgIpc) is 2.99. The highest BCUT2D eigenvalue weighted by Crippen LogP contribution is 2.21. The van der Waals surface area contributed by atoms with Gasteiger partial charge in [-0.15, -0.1) is 0 Å². The fraction of sp³-hybridized carbons (Fsp3) is 0.533. The molecule has 0 radical (unpaired) electrons. The smallest absolute Gasteiger partial charge is 0.305 e. The number of hydrogen-bond acceptors (Lipinski definition) is 5. The fourth-order valence-corrected chi connectivity index (χ4v) is 2.14. The van der Waals surface area contributed by atoms with Gasteiger partial charge in [0.15, 0.2) is 5.76 Å². The third-order valence-electron chi connectivity index (χ3n) is 3.43. The lowest BCUT2D eigenvalue weighted by molar-refractivity contribution is -0.313. The Morgan fingerprint density at radius 3 is 2.59 bits per heavy atom. The van der Waals surface area contributed by atoms with Crippen LogP contribution in [0.5, 0.6) is 0 Å². The third-order valence-corrected chi connectivity index (χ3v) is 3.43. The van der Waals surface area contributed by atoms with E-state index in [0.29, 0.717) is 6.42 Å². The summed E-state index contributed by atoms with van der Waals surface area (Å²) >= 11 is 0. The second kappa shape index (κ2) is 8.86. The molecule has 122 valence electrons. The molecule has 0 unspecified atom stereocenters. The number of amides is 2. The molecule has 1 aromatic rings. The summed E-state index contributed by atoms with van der Waals surface area (Å²) in [6.45, 7) is 3.65. The van der Waals surface area contributed by atoms with Gasteiger partial charge in [-0.25, -0.2) is 0 Å². The van der Waals surface area contributed by atoms with Gasteiger partial charge in [0.25, 0.3) is 0 Å². The van der Waals surface area contributed by atoms with Crippen LogP contribution in [0.15, 0.2) is 22.8 Å². The van der Waals surface area contributed by atoms with E-state index < -0.39 is 23.7 Å². The molecule has 0 aliphatic heterocycles. The molecular weight excluding hydrogens is 288 g/mol. The normalized spacial score (nSPS) is 13.2. The van der Waals surface area contributed by atoms with Crippen LogP contribution in [0.3, 0.4) is 0 Å². The van der Waals surface area contributed by atoms with Gasteiger partial charge in [0.05, 0.1) is 6.26 Å². The number of carboxylic acid groups (broad SMARTS) is 1. The highest BCUT2D eigenvalue weighted by Gasteiger charge is 2.21. The predicted molar refractivity (Wildman–Crippen MR) is 76.1 cm³/mol. The SMILES string of the molecule is CCCC[C@@H](C(=O)[O-])[C@@H](C)CC(=O)NNC(=O)c1ccco1. The van der Waals surface area contributed by atoms with Gasteiger partial charge in [-0.1, -0.05) is 26.7 Å². The van der Waals surface area contributed by atoms with Gasteiger partial charge in [0.2, 0.25) is 5.91 Å². The summed E-state index contributed by atoms with van der Waals surface area (Å²) in [6.07, 6.45) is 3.45. The quantitative estimate of drug-likeness (QED) is 0.684. The lowest BCUT2D eigenvalue weighted by Gasteiger charge is -2.24. The lowest BCUT2D eigenvalue weighted by atomic mass is 9.87. The summed E-state index contributed by atoms with van der Waals surface area (Å²) in [5.74, 6) is -3.16. The van der Waals surface area contributed by atoms with E-state index in [1.54, 1.807) is 13.0 Å². The van der Waals surface area contributed by atoms with Crippen molar-refractivity contribution in [1.29, 1.82) is 0 Å². The number of nitrogens with one attached hydrogen (secondary N) is 2. The summed E-state index contributed by atoms with van der Waals surface area (Å²) in [5, 5.41) is 11.1. The summed E-state index contributed by atoms with van der Waals surface area (Å²) in [6, 6.07) is 3.01. The maximum absolute atomic E-state index is 11.8. The van der Waals surface area contributed by atoms with Crippen LogP contribution in [0.1, 0.15) is 50.1 Å². The number of hydrazine groups is 1. The van der Waals surface area contributed by atoms with Crippen molar-refractivity contribution in [2.75, 3.05) is 0 Å². The monoisotopic (exact) mass is 309 g/mol. The Labute approximate surface area is 129 Å². The van der Waals surface area contributed by atoms with Gasteiger partial charge in [-0.05, 0) is 24.5 Å². The number of unbranched alkanes of at least 4 members (excludes halogenated alkanes) is 1. The molecular formula is C15H21N2O5-. The van der Waals surface area contributed by atoms with Crippen molar-refractivity contribution in [1.82, 2.24) is 10.9 Å². The maximum atomic E-state index is 11.8. The third kappa shape index (κ3) is 5.59. The Kier molecular flexibility index (Phi) is 7.15. The number of aliphatic carboxylic acids is 1. The molecule has 2 N–H and O–H groups in total. The second-order valence-electron chi connectivity index (χ2n) is 5.23. The number of carbonyl (C=O) groups excluding carboxylic acids is 3. The average molecular weight is 309 g/mol. The molecule has 0 aliphatic rings. The van der Waals surface area contributed by atoms with Crippen molar-refractivity contribution < 1.29 is 23.9 Å². The van der Waals surface area contributed by atoms with Crippen molar-refractivity contribution >= 4 is 17.8 Å². The van der Waals surface area contributed by atoms with E-state index >= 15 is 0 Å². The summed E-state index contributed by atoms with van der Waals surface area (Å²) in [7, 11) is 0. The van der Waals surface area contributed by atoms with Crippen LogP contribution < -0.4 is 16.0 Å². The van der Waals surface area contributed by atoms with Gasteiger partial charge in [0.1, 0.15) is 0 Å². The zero-order chi connectivity index (χ0) is 16.5. The number of hydrogen-bond donors (Lipinski definition) is 2. The zero-order valence-electron chi connectivity index (χ0n) is 12.8. The van der Waals surface area contributed by atoms with Crippen LogP contribution >= 0.6 is 0 Å². The molecule has 0 saturated carbocycles. The van der Waals surface area contributed by atoms with Crippen LogP contribution in [-0.2, 0) is 9.59 Å². The Bertz CT molecular complexity index is 498. The second-order valence-corrected chi connectivity index (χ2v) is 5.23. The van der Waals surface area contributed by atoms with Gasteiger partial charge >= 0.3 is 5.91 Å². The molecule has 0 aliphatic carbocycles. The van der Waals surface area contributed by atoms with Crippen molar-refractivity contribution in [3.8, 4) is 0 Å². The van der Waals surface area contributed by atoms with Crippen molar-refractivity contribution in [2.45, 2.75) is 39.5 Å². The number of furan rings is 1. The van der Waals surface area contributed by atoms with Crippen molar-refractivity contribution in [2.24, 2.45) is 11.8 Å². The first-order valence-corrected chi connectivity index (χ1v) is 7.29. The molecule has 7 nitrogen and oxygen atoms in total. The topological polar surface area (TPSA) is 111 Å². The molecule has 0 bridgehead atoms. The molecule has 7 heteroatoms. The van der Waals surface area contributed by atoms with Crippen molar-refractivity contribution in [3.63, 3.8) is 0 Å². The first-order valence-electron chi connectivity index (χ1n) is 7.29. The molecule has 0 fully saturated rings. The molecule has 0 saturated heterocycles. The van der Waals surface area contributed by atoms with E-state index in [-0.39, 0.29) is 18.1 Å². The van der Waals surface area contributed by atoms with E-state index in [1.807, 2.05) is 6.92 Å². The Hall–Kier alpha value is -2.31. The van der Waals surface area contributed by atoms with Gasteiger partial charge in [-0.3, -0.25) is 20.4 Å². The minimum Gasteiger partial charge on any atom is -0.550 e. The van der Waals surface area contributed by atoms with E-state index in [1.165, 1.54) is 12.3 Å². The molecule has 0 aromatic carbocycles. The van der Waals surface area contributed by atoms with E-state index in [4.69, 9.17) is 4.42 Å². The Morgan fingerprint density at radius 2 is 2.05 bits per heavy atom. The molecule has 1 rings (SSSR count).